The Morgan fingerprint density at radius 2 is 2.09 bits per heavy atom. The Balaban J connectivity index is 1.83. The molecule has 1 atom stereocenters. The van der Waals surface area contributed by atoms with E-state index >= 15 is 0 Å². The summed E-state index contributed by atoms with van der Waals surface area (Å²) in [5.74, 6) is 0.773. The third-order valence-electron chi connectivity index (χ3n) is 4.82. The number of aromatic nitrogens is 2. The van der Waals surface area contributed by atoms with Gasteiger partial charge >= 0.3 is 0 Å². The summed E-state index contributed by atoms with van der Waals surface area (Å²) in [4.78, 5) is 2.57. The average Bonchev–Trinajstić information content (AvgIpc) is 2.89. The minimum Gasteiger partial charge on any atom is -0.383 e. The molecule has 0 radical (unpaired) electrons. The number of hydrogen-bond acceptors (Lipinski definition) is 3. The van der Waals surface area contributed by atoms with Gasteiger partial charge in [-0.25, -0.2) is 4.68 Å². The van der Waals surface area contributed by atoms with E-state index in [1.165, 1.54) is 37.8 Å². The lowest BCUT2D eigenvalue weighted by molar-refractivity contribution is 0.136. The van der Waals surface area contributed by atoms with Gasteiger partial charge in [0, 0.05) is 18.2 Å². The van der Waals surface area contributed by atoms with E-state index in [0.29, 0.717) is 6.04 Å². The van der Waals surface area contributed by atoms with Crippen LogP contribution in [-0.4, -0.2) is 27.3 Å². The molecule has 2 heterocycles. The second-order valence-electron chi connectivity index (χ2n) is 6.28. The number of piperidine rings is 1. The summed E-state index contributed by atoms with van der Waals surface area (Å²) in [5, 5.41) is 4.53. The van der Waals surface area contributed by atoms with Gasteiger partial charge in [-0.15, -0.1) is 0 Å². The Morgan fingerprint density at radius 1 is 1.27 bits per heavy atom. The molecule has 1 aromatic heterocycles. The second kappa shape index (κ2) is 6.53. The van der Waals surface area contributed by atoms with Gasteiger partial charge in [0.25, 0.3) is 0 Å². The maximum Gasteiger partial charge on any atom is 0.131 e. The first-order chi connectivity index (χ1) is 10.7. The summed E-state index contributed by atoms with van der Waals surface area (Å²) in [6.07, 6.45) is 7.10. The SMILES string of the molecule is CCC1CCCCN1Cc1cnn(-c2ccccc2C)c1N. The van der Waals surface area contributed by atoms with E-state index in [1.54, 1.807) is 0 Å². The van der Waals surface area contributed by atoms with Crippen LogP contribution in [0.3, 0.4) is 0 Å². The minimum absolute atomic E-state index is 0.690. The van der Waals surface area contributed by atoms with Crippen molar-refractivity contribution in [2.45, 2.75) is 52.1 Å². The van der Waals surface area contributed by atoms with Gasteiger partial charge in [-0.3, -0.25) is 4.90 Å². The molecule has 22 heavy (non-hydrogen) atoms. The number of aryl methyl sites for hydroxylation is 1. The van der Waals surface area contributed by atoms with Gasteiger partial charge in [-0.05, 0) is 44.4 Å². The lowest BCUT2D eigenvalue weighted by atomic mass is 9.99. The van der Waals surface area contributed by atoms with Crippen LogP contribution in [0.25, 0.3) is 5.69 Å². The quantitative estimate of drug-likeness (QED) is 0.939. The second-order valence-corrected chi connectivity index (χ2v) is 6.28. The highest BCUT2D eigenvalue weighted by molar-refractivity contribution is 5.50. The van der Waals surface area contributed by atoms with Crippen molar-refractivity contribution in [3.05, 3.63) is 41.6 Å². The molecule has 2 N–H and O–H groups in total. The van der Waals surface area contributed by atoms with Crippen molar-refractivity contribution in [2.75, 3.05) is 12.3 Å². The van der Waals surface area contributed by atoms with Gasteiger partial charge in [-0.1, -0.05) is 31.5 Å². The number of nitrogens with two attached hydrogens (primary N) is 1. The van der Waals surface area contributed by atoms with Crippen LogP contribution in [0.1, 0.15) is 43.7 Å². The summed E-state index contributed by atoms with van der Waals surface area (Å²) < 4.78 is 1.87. The number of para-hydroxylation sites is 1. The zero-order valence-corrected chi connectivity index (χ0v) is 13.6. The molecule has 0 amide bonds. The predicted octanol–water partition coefficient (Wildman–Crippen LogP) is 3.53. The molecule has 3 rings (SSSR count). The molecule has 1 unspecified atom stereocenters. The number of nitrogens with zero attached hydrogens (tertiary/aromatic N) is 3. The molecule has 0 bridgehead atoms. The first kappa shape index (κ1) is 15.1. The van der Waals surface area contributed by atoms with Crippen molar-refractivity contribution in [1.29, 1.82) is 0 Å². The van der Waals surface area contributed by atoms with Crippen molar-refractivity contribution >= 4 is 5.82 Å². The highest BCUT2D eigenvalue weighted by atomic mass is 15.3. The molecule has 1 aliphatic rings. The Kier molecular flexibility index (Phi) is 4.48. The zero-order chi connectivity index (χ0) is 15.5. The van der Waals surface area contributed by atoms with Crippen LogP contribution in [0.15, 0.2) is 30.5 Å². The lowest BCUT2D eigenvalue weighted by Gasteiger charge is -2.35. The highest BCUT2D eigenvalue weighted by Gasteiger charge is 2.22. The molecule has 1 aliphatic heterocycles. The Morgan fingerprint density at radius 3 is 2.86 bits per heavy atom. The summed E-state index contributed by atoms with van der Waals surface area (Å²) in [6.45, 7) is 6.46. The molecule has 2 aromatic rings. The molecule has 4 nitrogen and oxygen atoms in total. The number of hydrogen-bond donors (Lipinski definition) is 1. The first-order valence-corrected chi connectivity index (χ1v) is 8.33. The average molecular weight is 298 g/mol. The monoisotopic (exact) mass is 298 g/mol. The van der Waals surface area contributed by atoms with Crippen molar-refractivity contribution < 1.29 is 0 Å². The lowest BCUT2D eigenvalue weighted by Crippen LogP contribution is -2.38. The molecular formula is C18H26N4. The molecule has 4 heteroatoms. The Hall–Kier alpha value is -1.81. The standard InChI is InChI=1S/C18H26N4/c1-3-16-9-6-7-11-21(16)13-15-12-20-22(18(15)19)17-10-5-4-8-14(17)2/h4-5,8,10,12,16H,3,6-7,9,11,13,19H2,1-2H3. The van der Waals surface area contributed by atoms with Gasteiger partial charge in [-0.2, -0.15) is 5.10 Å². The first-order valence-electron chi connectivity index (χ1n) is 8.33. The van der Waals surface area contributed by atoms with E-state index in [2.05, 4.69) is 36.0 Å². The van der Waals surface area contributed by atoms with Crippen molar-refractivity contribution in [3.63, 3.8) is 0 Å². The van der Waals surface area contributed by atoms with E-state index in [4.69, 9.17) is 5.73 Å². The summed E-state index contributed by atoms with van der Waals surface area (Å²) in [5.41, 5.74) is 9.78. The third kappa shape index (κ3) is 2.88. The maximum atomic E-state index is 6.38. The summed E-state index contributed by atoms with van der Waals surface area (Å²) in [7, 11) is 0. The normalized spacial score (nSPS) is 19.5. The summed E-state index contributed by atoms with van der Waals surface area (Å²) >= 11 is 0. The van der Waals surface area contributed by atoms with E-state index in [0.717, 1.165) is 23.6 Å². The topological polar surface area (TPSA) is 47.1 Å². The number of benzene rings is 1. The predicted molar refractivity (Wildman–Crippen MR) is 91.1 cm³/mol. The van der Waals surface area contributed by atoms with Crippen LogP contribution in [0.5, 0.6) is 0 Å². The van der Waals surface area contributed by atoms with Crippen molar-refractivity contribution in [1.82, 2.24) is 14.7 Å². The Bertz CT molecular complexity index is 632. The largest absolute Gasteiger partial charge is 0.383 e. The fourth-order valence-electron chi connectivity index (χ4n) is 3.46. The summed E-state index contributed by atoms with van der Waals surface area (Å²) in [6, 6.07) is 8.92. The fourth-order valence-corrected chi connectivity index (χ4v) is 3.46. The molecule has 1 fully saturated rings. The van der Waals surface area contributed by atoms with Crippen molar-refractivity contribution in [2.24, 2.45) is 0 Å². The highest BCUT2D eigenvalue weighted by Crippen LogP contribution is 2.25. The number of likely N-dealkylation sites (tertiary alicyclic amines) is 1. The third-order valence-corrected chi connectivity index (χ3v) is 4.82. The zero-order valence-electron chi connectivity index (χ0n) is 13.6. The number of rotatable bonds is 4. The molecule has 1 aromatic carbocycles. The van der Waals surface area contributed by atoms with Crippen LogP contribution in [0, 0.1) is 6.92 Å². The van der Waals surface area contributed by atoms with E-state index in [1.807, 2.05) is 23.0 Å². The van der Waals surface area contributed by atoms with Crippen LogP contribution < -0.4 is 5.73 Å². The number of anilines is 1. The van der Waals surface area contributed by atoms with Crippen LogP contribution in [0.4, 0.5) is 5.82 Å². The van der Waals surface area contributed by atoms with Gasteiger partial charge in [0.05, 0.1) is 11.9 Å². The smallest absolute Gasteiger partial charge is 0.131 e. The maximum absolute atomic E-state index is 6.38. The molecule has 0 spiro atoms. The Labute approximate surface area is 132 Å². The molecule has 0 aliphatic carbocycles. The van der Waals surface area contributed by atoms with Gasteiger partial charge in [0.1, 0.15) is 5.82 Å². The fraction of sp³-hybridized carbons (Fsp3) is 0.500. The van der Waals surface area contributed by atoms with Crippen LogP contribution in [0.2, 0.25) is 0 Å². The van der Waals surface area contributed by atoms with E-state index < -0.39 is 0 Å². The van der Waals surface area contributed by atoms with Crippen LogP contribution >= 0.6 is 0 Å². The molecule has 0 saturated carbocycles. The number of nitrogen functional groups attached to an aromatic ring is 1. The van der Waals surface area contributed by atoms with E-state index in [9.17, 15) is 0 Å². The molecule has 1 saturated heterocycles. The molecule has 118 valence electrons. The van der Waals surface area contributed by atoms with Crippen molar-refractivity contribution in [3.8, 4) is 5.69 Å². The van der Waals surface area contributed by atoms with Gasteiger partial charge in [0.2, 0.25) is 0 Å². The van der Waals surface area contributed by atoms with E-state index in [-0.39, 0.29) is 0 Å². The van der Waals surface area contributed by atoms with Crippen LogP contribution in [-0.2, 0) is 6.54 Å². The minimum atomic E-state index is 0.690. The van der Waals surface area contributed by atoms with Gasteiger partial charge in [0.15, 0.2) is 0 Å². The molecular weight excluding hydrogens is 272 g/mol. The van der Waals surface area contributed by atoms with Gasteiger partial charge < -0.3 is 5.73 Å².